The molecular formula is C21H24N2O7. The Balaban J connectivity index is 1.26. The van der Waals surface area contributed by atoms with Crippen LogP contribution in [0.2, 0.25) is 0 Å². The Morgan fingerprint density at radius 1 is 1.20 bits per heavy atom. The molecule has 0 aliphatic carbocycles. The Morgan fingerprint density at radius 3 is 2.90 bits per heavy atom. The van der Waals surface area contributed by atoms with Gasteiger partial charge in [-0.1, -0.05) is 0 Å². The zero-order chi connectivity index (χ0) is 21.1. The Bertz CT molecular complexity index is 934. The van der Waals surface area contributed by atoms with E-state index in [0.717, 1.165) is 5.56 Å². The lowest BCUT2D eigenvalue weighted by atomic mass is 10.0. The molecular weight excluding hydrogens is 392 g/mol. The number of amides is 1. The standard InChI is InChI=1S/C21H24N2O7/c1-12(30-14-2-5-18-19(8-14)29-11-28-18)22-9-13(24)10-27-17-6-4-16(25)21-15(17)3-7-20(26)23-21/h2,4-6,8,12-13,22,24-25H,3,7,9-11H2,1H3,(H,23,26). The molecule has 0 spiro atoms. The van der Waals surface area contributed by atoms with Crippen LogP contribution in [-0.4, -0.2) is 48.4 Å². The van der Waals surface area contributed by atoms with Crippen LogP contribution >= 0.6 is 0 Å². The van der Waals surface area contributed by atoms with Crippen molar-refractivity contribution < 1.29 is 34.0 Å². The second kappa shape index (κ2) is 8.68. The number of hydrogen-bond donors (Lipinski definition) is 4. The van der Waals surface area contributed by atoms with Crippen molar-refractivity contribution in [2.75, 3.05) is 25.3 Å². The Labute approximate surface area is 173 Å². The van der Waals surface area contributed by atoms with Gasteiger partial charge in [0.15, 0.2) is 11.5 Å². The molecule has 2 aliphatic rings. The number of hydrogen-bond acceptors (Lipinski definition) is 8. The van der Waals surface area contributed by atoms with Gasteiger partial charge in [-0.2, -0.15) is 0 Å². The first-order chi connectivity index (χ1) is 14.5. The summed E-state index contributed by atoms with van der Waals surface area (Å²) in [5, 5.41) is 25.9. The van der Waals surface area contributed by atoms with Crippen molar-refractivity contribution in [3.63, 3.8) is 0 Å². The molecule has 4 N–H and O–H groups in total. The Hall–Kier alpha value is -3.17. The lowest BCUT2D eigenvalue weighted by Crippen LogP contribution is -2.39. The average molecular weight is 416 g/mol. The highest BCUT2D eigenvalue weighted by molar-refractivity contribution is 5.96. The normalized spacial score (nSPS) is 16.4. The van der Waals surface area contributed by atoms with E-state index >= 15 is 0 Å². The van der Waals surface area contributed by atoms with Gasteiger partial charge < -0.3 is 34.5 Å². The number of aliphatic hydroxyl groups is 1. The van der Waals surface area contributed by atoms with Gasteiger partial charge in [0.25, 0.3) is 0 Å². The second-order valence-electron chi connectivity index (χ2n) is 7.13. The number of fused-ring (bicyclic) bond motifs is 2. The number of benzene rings is 2. The van der Waals surface area contributed by atoms with Crippen molar-refractivity contribution in [3.8, 4) is 28.7 Å². The van der Waals surface area contributed by atoms with Crippen LogP contribution in [-0.2, 0) is 11.2 Å². The zero-order valence-electron chi connectivity index (χ0n) is 16.5. The molecule has 0 radical (unpaired) electrons. The lowest BCUT2D eigenvalue weighted by molar-refractivity contribution is -0.116. The van der Waals surface area contributed by atoms with E-state index in [1.165, 1.54) is 6.07 Å². The molecule has 4 rings (SSSR count). The number of carbonyl (C=O) groups is 1. The number of nitrogens with one attached hydrogen (secondary N) is 2. The first-order valence-electron chi connectivity index (χ1n) is 9.75. The average Bonchev–Trinajstić information content (AvgIpc) is 3.20. The first kappa shape index (κ1) is 20.1. The van der Waals surface area contributed by atoms with E-state index in [1.54, 1.807) is 24.3 Å². The molecule has 0 fully saturated rings. The summed E-state index contributed by atoms with van der Waals surface area (Å²) in [6.45, 7) is 2.34. The van der Waals surface area contributed by atoms with E-state index in [0.29, 0.717) is 41.5 Å². The summed E-state index contributed by atoms with van der Waals surface area (Å²) in [4.78, 5) is 11.6. The molecule has 0 saturated heterocycles. The van der Waals surface area contributed by atoms with E-state index in [9.17, 15) is 15.0 Å². The molecule has 9 nitrogen and oxygen atoms in total. The van der Waals surface area contributed by atoms with E-state index < -0.39 is 6.10 Å². The maximum Gasteiger partial charge on any atom is 0.231 e. The summed E-state index contributed by atoms with van der Waals surface area (Å²) in [5.74, 6) is 2.35. The minimum absolute atomic E-state index is 0.00195. The summed E-state index contributed by atoms with van der Waals surface area (Å²) in [7, 11) is 0. The van der Waals surface area contributed by atoms with Gasteiger partial charge >= 0.3 is 0 Å². The molecule has 1 amide bonds. The smallest absolute Gasteiger partial charge is 0.231 e. The minimum atomic E-state index is -0.782. The van der Waals surface area contributed by atoms with Gasteiger partial charge in [0.1, 0.15) is 36.2 Å². The number of phenols is 1. The molecule has 2 unspecified atom stereocenters. The Morgan fingerprint density at radius 2 is 2.03 bits per heavy atom. The largest absolute Gasteiger partial charge is 0.506 e. The summed E-state index contributed by atoms with van der Waals surface area (Å²) >= 11 is 0. The maximum atomic E-state index is 11.6. The molecule has 2 atom stereocenters. The summed E-state index contributed by atoms with van der Waals surface area (Å²) in [6.07, 6.45) is -0.335. The first-order valence-corrected chi connectivity index (χ1v) is 9.75. The molecule has 2 heterocycles. The van der Waals surface area contributed by atoms with Crippen LogP contribution in [0.3, 0.4) is 0 Å². The SMILES string of the molecule is CC(NCC(O)COc1ccc(O)c2c1CCC(=O)N2)Oc1ccc2c(c1)OCO2. The molecule has 2 aliphatic heterocycles. The monoisotopic (exact) mass is 416 g/mol. The van der Waals surface area contributed by atoms with Crippen LogP contribution < -0.4 is 29.6 Å². The van der Waals surface area contributed by atoms with E-state index in [-0.39, 0.29) is 37.8 Å². The minimum Gasteiger partial charge on any atom is -0.506 e. The molecule has 2 aromatic rings. The summed E-state index contributed by atoms with van der Waals surface area (Å²) in [5.41, 5.74) is 1.11. The third kappa shape index (κ3) is 4.52. The van der Waals surface area contributed by atoms with Crippen molar-refractivity contribution in [2.45, 2.75) is 32.1 Å². The highest BCUT2D eigenvalue weighted by Crippen LogP contribution is 2.38. The number of phenolic OH excluding ortho intramolecular Hbond substituents is 1. The lowest BCUT2D eigenvalue weighted by Gasteiger charge is -2.22. The van der Waals surface area contributed by atoms with Gasteiger partial charge in [-0.25, -0.2) is 0 Å². The molecule has 160 valence electrons. The molecule has 0 bridgehead atoms. The quantitative estimate of drug-likeness (QED) is 0.380. The topological polar surface area (TPSA) is 119 Å². The van der Waals surface area contributed by atoms with Crippen LogP contribution in [0.1, 0.15) is 18.9 Å². The molecule has 9 heteroatoms. The van der Waals surface area contributed by atoms with Crippen LogP contribution in [0, 0.1) is 0 Å². The number of anilines is 1. The number of aromatic hydroxyl groups is 1. The number of carbonyl (C=O) groups excluding carboxylic acids is 1. The number of rotatable bonds is 8. The Kier molecular flexibility index (Phi) is 5.82. The van der Waals surface area contributed by atoms with Crippen molar-refractivity contribution in [2.24, 2.45) is 0 Å². The molecule has 0 aromatic heterocycles. The third-order valence-electron chi connectivity index (χ3n) is 4.84. The van der Waals surface area contributed by atoms with Crippen LogP contribution in [0.5, 0.6) is 28.7 Å². The van der Waals surface area contributed by atoms with E-state index in [4.69, 9.17) is 18.9 Å². The maximum absolute atomic E-state index is 11.6. The van der Waals surface area contributed by atoms with E-state index in [1.807, 2.05) is 6.92 Å². The number of ether oxygens (including phenoxy) is 4. The summed E-state index contributed by atoms with van der Waals surface area (Å²) < 4.78 is 22.1. The fourth-order valence-corrected chi connectivity index (χ4v) is 3.32. The van der Waals surface area contributed by atoms with Crippen LogP contribution in [0.4, 0.5) is 5.69 Å². The van der Waals surface area contributed by atoms with Crippen molar-refractivity contribution in [1.29, 1.82) is 0 Å². The highest BCUT2D eigenvalue weighted by Gasteiger charge is 2.22. The van der Waals surface area contributed by atoms with Crippen molar-refractivity contribution >= 4 is 11.6 Å². The fourth-order valence-electron chi connectivity index (χ4n) is 3.32. The molecule has 30 heavy (non-hydrogen) atoms. The predicted octanol–water partition coefficient (Wildman–Crippen LogP) is 1.76. The van der Waals surface area contributed by atoms with Gasteiger partial charge in [0.2, 0.25) is 12.7 Å². The van der Waals surface area contributed by atoms with Crippen molar-refractivity contribution in [1.82, 2.24) is 5.32 Å². The van der Waals surface area contributed by atoms with Gasteiger partial charge in [-0.3, -0.25) is 10.1 Å². The molecule has 2 aromatic carbocycles. The van der Waals surface area contributed by atoms with Crippen LogP contribution in [0.15, 0.2) is 30.3 Å². The van der Waals surface area contributed by atoms with Gasteiger partial charge in [0.05, 0.1) is 5.69 Å². The summed E-state index contributed by atoms with van der Waals surface area (Å²) in [6, 6.07) is 8.43. The molecule has 0 saturated carbocycles. The van der Waals surface area contributed by atoms with E-state index in [2.05, 4.69) is 10.6 Å². The zero-order valence-corrected chi connectivity index (χ0v) is 16.5. The van der Waals surface area contributed by atoms with Gasteiger partial charge in [-0.15, -0.1) is 0 Å². The second-order valence-corrected chi connectivity index (χ2v) is 7.13. The van der Waals surface area contributed by atoms with Gasteiger partial charge in [-0.05, 0) is 37.6 Å². The number of aliphatic hydroxyl groups excluding tert-OH is 1. The highest BCUT2D eigenvalue weighted by atomic mass is 16.7. The van der Waals surface area contributed by atoms with Crippen molar-refractivity contribution in [3.05, 3.63) is 35.9 Å². The van der Waals surface area contributed by atoms with Gasteiger partial charge in [0, 0.05) is 24.6 Å². The predicted molar refractivity (Wildman–Crippen MR) is 107 cm³/mol. The third-order valence-corrected chi connectivity index (χ3v) is 4.84. The van der Waals surface area contributed by atoms with Crippen LogP contribution in [0.25, 0.3) is 0 Å². The fraction of sp³-hybridized carbons (Fsp3) is 0.381.